The van der Waals surface area contributed by atoms with Crippen molar-refractivity contribution >= 4 is 25.8 Å². The topological polar surface area (TPSA) is 45.6 Å². The van der Waals surface area contributed by atoms with Crippen molar-refractivity contribution in [3.8, 4) is 0 Å². The van der Waals surface area contributed by atoms with E-state index >= 15 is 0 Å². The fraction of sp³-hybridized carbons (Fsp3) is 0. The predicted octanol–water partition coefficient (Wildman–Crippen LogP) is -0.621. The van der Waals surface area contributed by atoms with Gasteiger partial charge >= 0.3 is 45.5 Å². The van der Waals surface area contributed by atoms with Gasteiger partial charge in [-0.15, -0.1) is 0 Å². The fourth-order valence-electron chi connectivity index (χ4n) is 0. The van der Waals surface area contributed by atoms with E-state index in [1.54, 1.807) is 0 Å². The summed E-state index contributed by atoms with van der Waals surface area (Å²) >= 11 is 0.0556. The average Bonchev–Trinajstić information content (AvgIpc) is 1.00. The van der Waals surface area contributed by atoms with Gasteiger partial charge in [0.2, 0.25) is 0 Å². The minimum absolute atomic E-state index is 0. The number of rotatable bonds is 0. The van der Waals surface area contributed by atoms with Gasteiger partial charge in [0.1, 0.15) is 0 Å². The van der Waals surface area contributed by atoms with E-state index in [1.807, 2.05) is 0 Å². The summed E-state index contributed by atoms with van der Waals surface area (Å²) in [6, 6.07) is 0. The van der Waals surface area contributed by atoms with Gasteiger partial charge in [0.05, 0.1) is 0 Å². The Hall–Kier alpha value is 1.20. The third-order valence-corrected chi connectivity index (χ3v) is 0. The zero-order valence-corrected chi connectivity index (χ0v) is 6.76. The van der Waals surface area contributed by atoms with Crippen LogP contribution in [0, 0.1) is 0 Å². The summed E-state index contributed by atoms with van der Waals surface area (Å²) in [5.41, 5.74) is 0. The monoisotopic (exact) mass is 295 g/mol. The first-order valence-electron chi connectivity index (χ1n) is 0.204. The van der Waals surface area contributed by atoms with E-state index in [0.717, 1.165) is 0 Å². The fourth-order valence-corrected chi connectivity index (χ4v) is 0. The van der Waals surface area contributed by atoms with Gasteiger partial charge in [0.15, 0.2) is 0 Å². The molecule has 0 heterocycles. The van der Waals surface area contributed by atoms with E-state index in [9.17, 15) is 0 Å². The maximum atomic E-state index is 8.39. The normalized spacial score (nSPS) is 1.00. The standard InChI is InChI=1S/Mn.2O.Pb/q+2;;-2;. The van der Waals surface area contributed by atoms with Crippen LogP contribution in [0.4, 0.5) is 0 Å². The summed E-state index contributed by atoms with van der Waals surface area (Å²) in [6.07, 6.45) is 0. The first-order valence-corrected chi connectivity index (χ1v) is 1.79. The van der Waals surface area contributed by atoms with Crippen molar-refractivity contribution in [1.29, 1.82) is 0 Å². The Balaban J connectivity index is -0.00000000500. The molecule has 0 aromatic heterocycles. The molecular weight excluding hydrogens is 294 g/mol. The molecule has 0 rings (SSSR count). The SMILES string of the molecule is [Mn+2].[O-2].[O]=[Pb]. The molecule has 0 amide bonds. The van der Waals surface area contributed by atoms with Crippen LogP contribution in [-0.4, -0.2) is 25.8 Å². The molecule has 0 spiro atoms. The van der Waals surface area contributed by atoms with E-state index in [0.29, 0.717) is 0 Å². The Kier molecular flexibility index (Phi) is 141. The van der Waals surface area contributed by atoms with Crippen molar-refractivity contribution in [2.45, 2.75) is 0 Å². The molecule has 0 fully saturated rings. The van der Waals surface area contributed by atoms with Crippen LogP contribution in [0.2, 0.25) is 0 Å². The minimum atomic E-state index is 0. The summed E-state index contributed by atoms with van der Waals surface area (Å²) in [7, 11) is 0. The van der Waals surface area contributed by atoms with Crippen LogP contribution in [0.1, 0.15) is 0 Å². The van der Waals surface area contributed by atoms with Crippen LogP contribution in [0.3, 0.4) is 0 Å². The Morgan fingerprint density at radius 2 is 1.25 bits per heavy atom. The molecule has 23 valence electrons. The Morgan fingerprint density at radius 1 is 1.25 bits per heavy atom. The summed E-state index contributed by atoms with van der Waals surface area (Å²) in [6.45, 7) is 0. The molecule has 4 heteroatoms. The van der Waals surface area contributed by atoms with Crippen molar-refractivity contribution in [2.75, 3.05) is 0 Å². The third-order valence-electron chi connectivity index (χ3n) is 0. The Morgan fingerprint density at radius 3 is 1.25 bits per heavy atom. The van der Waals surface area contributed by atoms with Crippen LogP contribution < -0.4 is 0 Å². The van der Waals surface area contributed by atoms with E-state index in [4.69, 9.17) is 2.69 Å². The van der Waals surface area contributed by atoms with Crippen LogP contribution in [-0.2, 0) is 25.2 Å². The third kappa shape index (κ3) is 10.7. The molecular formula is MnO2Pb. The molecule has 0 aromatic rings. The van der Waals surface area contributed by atoms with Gasteiger partial charge < -0.3 is 5.48 Å². The van der Waals surface area contributed by atoms with Gasteiger partial charge in [-0.3, -0.25) is 0 Å². The zero-order chi connectivity index (χ0) is 2.00. The first-order chi connectivity index (χ1) is 1.00. The van der Waals surface area contributed by atoms with Crippen LogP contribution in [0.15, 0.2) is 0 Å². The van der Waals surface area contributed by atoms with Gasteiger partial charge in [-0.25, -0.2) is 0 Å². The second-order valence-corrected chi connectivity index (χ2v) is 0. The molecule has 0 unspecified atom stereocenters. The molecule has 2 nitrogen and oxygen atoms in total. The molecule has 0 bridgehead atoms. The summed E-state index contributed by atoms with van der Waals surface area (Å²) in [5, 5.41) is 0. The number of hydrogen-bond donors (Lipinski definition) is 0. The van der Waals surface area contributed by atoms with E-state index in [1.165, 1.54) is 0 Å². The Bertz CT molecular complexity index is 6.00. The van der Waals surface area contributed by atoms with Crippen molar-refractivity contribution < 1.29 is 25.2 Å². The first kappa shape index (κ1) is 18.9. The van der Waals surface area contributed by atoms with Gasteiger partial charge in [-0.1, -0.05) is 0 Å². The maximum absolute atomic E-state index is 8.39. The molecule has 3 radical (unpaired) electrons. The predicted molar refractivity (Wildman–Crippen MR) is 7.13 cm³/mol. The summed E-state index contributed by atoms with van der Waals surface area (Å²) < 4.78 is 8.39. The zero-order valence-electron chi connectivity index (χ0n) is 1.69. The summed E-state index contributed by atoms with van der Waals surface area (Å²) in [5.74, 6) is 0. The molecule has 0 aliphatic heterocycles. The van der Waals surface area contributed by atoms with Crippen LogP contribution >= 0.6 is 0 Å². The van der Waals surface area contributed by atoms with Crippen molar-refractivity contribution in [3.05, 3.63) is 0 Å². The van der Waals surface area contributed by atoms with Crippen LogP contribution in [0.5, 0.6) is 0 Å². The average molecular weight is 294 g/mol. The van der Waals surface area contributed by atoms with Crippen molar-refractivity contribution in [2.24, 2.45) is 0 Å². The van der Waals surface area contributed by atoms with Crippen LogP contribution in [0.25, 0.3) is 0 Å². The molecule has 0 aromatic carbocycles. The second-order valence-electron chi connectivity index (χ2n) is 0. The van der Waals surface area contributed by atoms with Gasteiger partial charge in [-0.2, -0.15) is 0 Å². The van der Waals surface area contributed by atoms with Crippen molar-refractivity contribution in [3.63, 3.8) is 0 Å². The molecule has 0 atom stereocenters. The van der Waals surface area contributed by atoms with Crippen molar-refractivity contribution in [1.82, 2.24) is 0 Å². The molecule has 0 aliphatic rings. The van der Waals surface area contributed by atoms with E-state index in [2.05, 4.69) is 0 Å². The van der Waals surface area contributed by atoms with Gasteiger partial charge in [0, 0.05) is 0 Å². The molecule has 0 saturated carbocycles. The van der Waals surface area contributed by atoms with Gasteiger partial charge in [-0.05, 0) is 0 Å². The van der Waals surface area contributed by atoms with Gasteiger partial charge in [0.25, 0.3) is 0 Å². The molecule has 4 heavy (non-hydrogen) atoms. The molecule has 0 N–H and O–H groups in total. The second kappa shape index (κ2) is 29.8. The quantitative estimate of drug-likeness (QED) is 0.549. The van der Waals surface area contributed by atoms with E-state index in [-0.39, 0.29) is 48.3 Å². The number of hydrogen-bond acceptors (Lipinski definition) is 1. The molecule has 0 aliphatic carbocycles. The van der Waals surface area contributed by atoms with E-state index < -0.39 is 0 Å². The Labute approximate surface area is 50.9 Å². The molecule has 0 saturated heterocycles. The summed E-state index contributed by atoms with van der Waals surface area (Å²) in [4.78, 5) is 0.